The zero-order valence-corrected chi connectivity index (χ0v) is 19.1. The van der Waals surface area contributed by atoms with Crippen molar-refractivity contribution in [2.45, 2.75) is 37.4 Å². The predicted molar refractivity (Wildman–Crippen MR) is 132 cm³/mol. The lowest BCUT2D eigenvalue weighted by atomic mass is 9.70. The van der Waals surface area contributed by atoms with Gasteiger partial charge in [-0.15, -0.1) is 0 Å². The summed E-state index contributed by atoms with van der Waals surface area (Å²) >= 11 is 0. The number of anilines is 1. The standard InChI is InChI=1S/C27H29N5O2/c28-25-24-23(20-8-4-9-22(14-20)34-17-19-6-2-1-3-7-19)30-26(32(24)13-10-29-25)21-15-27(33,16-21)18-31-11-5-12-31/h1-4,6-10,13-14,21,33H,5,11-12,15-18H2,(H2,28,29)/t21-,27-. The Morgan fingerprint density at radius 2 is 1.91 bits per heavy atom. The van der Waals surface area contributed by atoms with Crippen molar-refractivity contribution in [3.05, 3.63) is 78.4 Å². The number of aromatic nitrogens is 3. The van der Waals surface area contributed by atoms with E-state index in [1.807, 2.05) is 65.2 Å². The first-order valence-electron chi connectivity index (χ1n) is 11.9. The van der Waals surface area contributed by atoms with Crippen molar-refractivity contribution in [1.82, 2.24) is 19.3 Å². The Morgan fingerprint density at radius 3 is 2.68 bits per heavy atom. The average Bonchev–Trinajstić information content (AvgIpc) is 3.20. The third kappa shape index (κ3) is 3.91. The first kappa shape index (κ1) is 21.1. The van der Waals surface area contributed by atoms with Crippen LogP contribution in [0.15, 0.2) is 67.0 Å². The topological polar surface area (TPSA) is 88.9 Å². The normalized spacial score (nSPS) is 22.3. The quantitative estimate of drug-likeness (QED) is 0.440. The second kappa shape index (κ2) is 8.42. The number of likely N-dealkylation sites (tertiary alicyclic amines) is 1. The minimum absolute atomic E-state index is 0.187. The predicted octanol–water partition coefficient (Wildman–Crippen LogP) is 3.87. The third-order valence-electron chi connectivity index (χ3n) is 7.05. The highest BCUT2D eigenvalue weighted by molar-refractivity contribution is 5.85. The Hall–Kier alpha value is -3.42. The average molecular weight is 456 g/mol. The Kier molecular flexibility index (Phi) is 5.23. The molecule has 2 fully saturated rings. The maximum Gasteiger partial charge on any atom is 0.150 e. The fourth-order valence-electron chi connectivity index (χ4n) is 5.18. The van der Waals surface area contributed by atoms with Crippen molar-refractivity contribution in [3.8, 4) is 17.0 Å². The van der Waals surface area contributed by atoms with Gasteiger partial charge >= 0.3 is 0 Å². The minimum atomic E-state index is -0.624. The second-order valence-electron chi connectivity index (χ2n) is 9.61. The van der Waals surface area contributed by atoms with Gasteiger partial charge in [-0.2, -0.15) is 0 Å². The van der Waals surface area contributed by atoms with Gasteiger partial charge < -0.3 is 20.5 Å². The molecule has 7 nitrogen and oxygen atoms in total. The van der Waals surface area contributed by atoms with Crippen LogP contribution in [0.4, 0.5) is 5.82 Å². The largest absolute Gasteiger partial charge is 0.489 e. The van der Waals surface area contributed by atoms with E-state index < -0.39 is 5.60 Å². The number of nitrogen functional groups attached to an aromatic ring is 1. The zero-order chi connectivity index (χ0) is 23.1. The molecule has 0 radical (unpaired) electrons. The molecule has 0 spiro atoms. The van der Waals surface area contributed by atoms with Crippen LogP contribution in [0.5, 0.6) is 5.75 Å². The van der Waals surface area contributed by atoms with Crippen LogP contribution in [-0.2, 0) is 6.61 Å². The summed E-state index contributed by atoms with van der Waals surface area (Å²) in [4.78, 5) is 11.7. The molecule has 3 heterocycles. The highest BCUT2D eigenvalue weighted by Crippen LogP contribution is 2.46. The summed E-state index contributed by atoms with van der Waals surface area (Å²) in [6, 6.07) is 18.1. The van der Waals surface area contributed by atoms with Crippen molar-refractivity contribution < 1.29 is 9.84 Å². The van der Waals surface area contributed by atoms with Crippen molar-refractivity contribution in [2.24, 2.45) is 0 Å². The Bertz CT molecular complexity index is 1310. The third-order valence-corrected chi connectivity index (χ3v) is 7.05. The van der Waals surface area contributed by atoms with Crippen molar-refractivity contribution in [3.63, 3.8) is 0 Å². The second-order valence-corrected chi connectivity index (χ2v) is 9.61. The van der Waals surface area contributed by atoms with Gasteiger partial charge in [0.05, 0.1) is 5.60 Å². The molecule has 0 atom stereocenters. The monoisotopic (exact) mass is 455 g/mol. The highest BCUT2D eigenvalue weighted by Gasteiger charge is 2.46. The van der Waals surface area contributed by atoms with Crippen molar-refractivity contribution >= 4 is 11.3 Å². The van der Waals surface area contributed by atoms with Gasteiger partial charge in [-0.05, 0) is 50.0 Å². The van der Waals surface area contributed by atoms with Crippen molar-refractivity contribution in [1.29, 1.82) is 0 Å². The summed E-state index contributed by atoms with van der Waals surface area (Å²) in [5.41, 5.74) is 9.35. The molecule has 1 aliphatic heterocycles. The van der Waals surface area contributed by atoms with Crippen LogP contribution in [0.3, 0.4) is 0 Å². The number of ether oxygens (including phenoxy) is 1. The molecule has 1 aliphatic carbocycles. The van der Waals surface area contributed by atoms with E-state index in [2.05, 4.69) is 9.88 Å². The Balaban J connectivity index is 1.28. The number of rotatable bonds is 7. The van der Waals surface area contributed by atoms with Crippen LogP contribution in [0.1, 0.15) is 36.6 Å². The first-order valence-corrected chi connectivity index (χ1v) is 11.9. The van der Waals surface area contributed by atoms with Gasteiger partial charge in [-0.1, -0.05) is 42.5 Å². The number of nitrogens with two attached hydrogens (primary N) is 1. The number of hydrogen-bond donors (Lipinski definition) is 2. The first-order chi connectivity index (χ1) is 16.6. The van der Waals surface area contributed by atoms with Crippen LogP contribution in [0.25, 0.3) is 16.8 Å². The van der Waals surface area contributed by atoms with Gasteiger partial charge in [-0.25, -0.2) is 9.97 Å². The van der Waals surface area contributed by atoms with Gasteiger partial charge in [0.15, 0.2) is 0 Å². The molecule has 6 rings (SSSR count). The van der Waals surface area contributed by atoms with E-state index in [0.717, 1.165) is 53.5 Å². The summed E-state index contributed by atoms with van der Waals surface area (Å²) in [5, 5.41) is 11.0. The van der Waals surface area contributed by atoms with E-state index in [0.29, 0.717) is 25.3 Å². The number of nitrogens with zero attached hydrogens (tertiary/aromatic N) is 4. The number of hydrogen-bond acceptors (Lipinski definition) is 6. The van der Waals surface area contributed by atoms with Gasteiger partial charge in [-0.3, -0.25) is 4.40 Å². The number of benzene rings is 2. The Labute approximate surface area is 198 Å². The lowest BCUT2D eigenvalue weighted by Gasteiger charge is -2.47. The fraction of sp³-hybridized carbons (Fsp3) is 0.333. The molecule has 0 bridgehead atoms. The molecule has 34 heavy (non-hydrogen) atoms. The molecule has 2 aliphatic rings. The number of β-amino-alcohol motifs (C(OH)–C–C–N with tert-alkyl or cyclic N) is 1. The van der Waals surface area contributed by atoms with Gasteiger partial charge in [0.1, 0.15) is 35.2 Å². The molecule has 7 heteroatoms. The summed E-state index contributed by atoms with van der Waals surface area (Å²) in [6.07, 6.45) is 6.28. The molecule has 1 saturated carbocycles. The van der Waals surface area contributed by atoms with Crippen LogP contribution < -0.4 is 10.5 Å². The lowest BCUT2D eigenvalue weighted by molar-refractivity contribution is -0.0835. The molecule has 3 N–H and O–H groups in total. The van der Waals surface area contributed by atoms with Crippen molar-refractivity contribution in [2.75, 3.05) is 25.4 Å². The van der Waals surface area contributed by atoms with Crippen LogP contribution in [-0.4, -0.2) is 49.6 Å². The van der Waals surface area contributed by atoms with E-state index in [9.17, 15) is 5.11 Å². The SMILES string of the molecule is Nc1nccn2c1c(-c1cccc(OCc3ccccc3)c1)nc2[C@H]1C[C@@](O)(CN2CCC2)C1. The summed E-state index contributed by atoms with van der Waals surface area (Å²) in [7, 11) is 0. The summed E-state index contributed by atoms with van der Waals surface area (Å²) < 4.78 is 8.09. The molecular formula is C27H29N5O2. The number of imidazole rings is 1. The lowest BCUT2D eigenvalue weighted by Crippen LogP contribution is -2.54. The molecule has 174 valence electrons. The van der Waals surface area contributed by atoms with Crippen LogP contribution >= 0.6 is 0 Å². The fourth-order valence-corrected chi connectivity index (χ4v) is 5.18. The van der Waals surface area contributed by atoms with Gasteiger partial charge in [0, 0.05) is 30.4 Å². The molecule has 2 aromatic heterocycles. The number of aliphatic hydroxyl groups is 1. The summed E-state index contributed by atoms with van der Waals surface area (Å²) in [6.45, 7) is 3.44. The maximum atomic E-state index is 11.0. The Morgan fingerprint density at radius 1 is 1.09 bits per heavy atom. The van der Waals surface area contributed by atoms with E-state index in [1.54, 1.807) is 6.20 Å². The van der Waals surface area contributed by atoms with Gasteiger partial charge in [0.2, 0.25) is 0 Å². The zero-order valence-electron chi connectivity index (χ0n) is 19.1. The molecule has 2 aromatic carbocycles. The molecule has 0 amide bonds. The van der Waals surface area contributed by atoms with Gasteiger partial charge in [0.25, 0.3) is 0 Å². The molecule has 0 unspecified atom stereocenters. The van der Waals surface area contributed by atoms with Crippen LogP contribution in [0, 0.1) is 0 Å². The van der Waals surface area contributed by atoms with E-state index in [-0.39, 0.29) is 5.92 Å². The summed E-state index contributed by atoms with van der Waals surface area (Å²) in [5.74, 6) is 2.34. The van der Waals surface area contributed by atoms with E-state index in [4.69, 9.17) is 15.5 Å². The maximum absolute atomic E-state index is 11.0. The molecule has 4 aromatic rings. The van der Waals surface area contributed by atoms with E-state index >= 15 is 0 Å². The van der Waals surface area contributed by atoms with Crippen LogP contribution in [0.2, 0.25) is 0 Å². The molecular weight excluding hydrogens is 426 g/mol. The minimum Gasteiger partial charge on any atom is -0.489 e. The highest BCUT2D eigenvalue weighted by atomic mass is 16.5. The molecule has 1 saturated heterocycles. The van der Waals surface area contributed by atoms with E-state index in [1.165, 1.54) is 6.42 Å². The number of fused-ring (bicyclic) bond motifs is 1. The smallest absolute Gasteiger partial charge is 0.150 e.